The van der Waals surface area contributed by atoms with Crippen molar-refractivity contribution in [1.29, 1.82) is 0 Å². The predicted molar refractivity (Wildman–Crippen MR) is 113 cm³/mol. The largest absolute Gasteiger partial charge is 0.497 e. The minimum Gasteiger partial charge on any atom is -0.497 e. The molecule has 2 N–H and O–H groups in total. The molecule has 0 atom stereocenters. The van der Waals surface area contributed by atoms with Gasteiger partial charge in [-0.1, -0.05) is 18.2 Å². The number of rotatable bonds is 8. The van der Waals surface area contributed by atoms with Crippen LogP contribution in [0.2, 0.25) is 0 Å². The van der Waals surface area contributed by atoms with Crippen LogP contribution in [0.5, 0.6) is 11.5 Å². The first-order valence-electron chi connectivity index (χ1n) is 8.91. The van der Waals surface area contributed by atoms with Crippen LogP contribution < -0.4 is 20.1 Å². The number of thiazole rings is 1. The van der Waals surface area contributed by atoms with E-state index in [1.165, 1.54) is 18.4 Å². The van der Waals surface area contributed by atoms with Crippen molar-refractivity contribution in [2.45, 2.75) is 12.8 Å². The Kier molecular flexibility index (Phi) is 6.80. The first kappa shape index (κ1) is 20.3. The zero-order valence-corrected chi connectivity index (χ0v) is 16.9. The van der Waals surface area contributed by atoms with Crippen molar-refractivity contribution in [3.05, 3.63) is 65.2 Å². The highest BCUT2D eigenvalue weighted by Gasteiger charge is 2.12. The van der Waals surface area contributed by atoms with Crippen molar-refractivity contribution < 1.29 is 19.1 Å². The van der Waals surface area contributed by atoms with Gasteiger partial charge in [-0.2, -0.15) is 0 Å². The lowest BCUT2D eigenvalue weighted by atomic mass is 10.2. The van der Waals surface area contributed by atoms with Crippen molar-refractivity contribution in [1.82, 2.24) is 4.98 Å². The summed E-state index contributed by atoms with van der Waals surface area (Å²) in [5, 5.41) is 7.94. The number of hydrogen-bond donors (Lipinski definition) is 2. The summed E-state index contributed by atoms with van der Waals surface area (Å²) in [4.78, 5) is 28.9. The molecule has 29 heavy (non-hydrogen) atoms. The minimum absolute atomic E-state index is 0.167. The number of nitrogens with zero attached hydrogens (tertiary/aromatic N) is 1. The second-order valence-electron chi connectivity index (χ2n) is 6.08. The van der Waals surface area contributed by atoms with Gasteiger partial charge in [0.05, 0.1) is 25.6 Å². The number of methoxy groups -OCH3 is 2. The third kappa shape index (κ3) is 5.55. The van der Waals surface area contributed by atoms with Gasteiger partial charge in [0.2, 0.25) is 5.91 Å². The van der Waals surface area contributed by atoms with Crippen LogP contribution in [-0.4, -0.2) is 31.0 Å². The van der Waals surface area contributed by atoms with E-state index in [1.807, 2.05) is 11.4 Å². The topological polar surface area (TPSA) is 89.5 Å². The molecule has 0 saturated carbocycles. The van der Waals surface area contributed by atoms with Crippen LogP contribution >= 0.6 is 11.3 Å². The minimum atomic E-state index is -0.214. The first-order valence-corrected chi connectivity index (χ1v) is 9.79. The summed E-state index contributed by atoms with van der Waals surface area (Å²) in [5.74, 6) is 0.798. The van der Waals surface area contributed by atoms with Crippen molar-refractivity contribution in [3.63, 3.8) is 0 Å². The average Bonchev–Trinajstić information content (AvgIpc) is 3.20. The maximum absolute atomic E-state index is 12.3. The van der Waals surface area contributed by atoms with Gasteiger partial charge in [0, 0.05) is 23.4 Å². The Morgan fingerprint density at radius 2 is 1.83 bits per heavy atom. The standard InChI is InChI=1S/C21H21N3O4S/c1-27-16-9-10-18(28-2)17(12-16)23-19(25)11-8-15-13-29-21(22-15)24-20(26)14-6-4-3-5-7-14/h3-7,9-10,12-13H,8,11H2,1-2H3,(H,23,25)(H,22,24,26). The molecule has 0 aliphatic rings. The summed E-state index contributed by atoms with van der Waals surface area (Å²) >= 11 is 1.33. The molecule has 8 heteroatoms. The van der Waals surface area contributed by atoms with Crippen molar-refractivity contribution in [2.24, 2.45) is 0 Å². The summed E-state index contributed by atoms with van der Waals surface area (Å²) < 4.78 is 10.4. The normalized spacial score (nSPS) is 10.3. The maximum Gasteiger partial charge on any atom is 0.257 e. The molecule has 0 fully saturated rings. The third-order valence-electron chi connectivity index (χ3n) is 4.10. The number of carbonyl (C=O) groups excluding carboxylic acids is 2. The second-order valence-corrected chi connectivity index (χ2v) is 6.94. The Hall–Kier alpha value is -3.39. The van der Waals surface area contributed by atoms with Crippen LogP contribution in [0.15, 0.2) is 53.9 Å². The molecule has 150 valence electrons. The number of hydrogen-bond acceptors (Lipinski definition) is 6. The van der Waals surface area contributed by atoms with Crippen LogP contribution in [-0.2, 0) is 11.2 Å². The van der Waals surface area contributed by atoms with E-state index < -0.39 is 0 Å². The first-order chi connectivity index (χ1) is 14.1. The van der Waals surface area contributed by atoms with Crippen LogP contribution in [0, 0.1) is 0 Å². The fourth-order valence-electron chi connectivity index (χ4n) is 2.60. The van der Waals surface area contributed by atoms with Crippen LogP contribution in [0.25, 0.3) is 0 Å². The van der Waals surface area contributed by atoms with Gasteiger partial charge in [-0.25, -0.2) is 4.98 Å². The molecule has 0 unspecified atom stereocenters. The van der Waals surface area contributed by atoms with E-state index in [9.17, 15) is 9.59 Å². The third-order valence-corrected chi connectivity index (χ3v) is 4.90. The molecule has 7 nitrogen and oxygen atoms in total. The molecular weight excluding hydrogens is 390 g/mol. The van der Waals surface area contributed by atoms with Crippen LogP contribution in [0.1, 0.15) is 22.5 Å². The molecule has 0 bridgehead atoms. The SMILES string of the molecule is COc1ccc(OC)c(NC(=O)CCc2csc(NC(=O)c3ccccc3)n2)c1. The smallest absolute Gasteiger partial charge is 0.257 e. The number of benzene rings is 2. The number of ether oxygens (including phenoxy) is 2. The van der Waals surface area contributed by atoms with Gasteiger partial charge >= 0.3 is 0 Å². The molecule has 3 rings (SSSR count). The molecule has 0 radical (unpaired) electrons. The lowest BCUT2D eigenvalue weighted by Crippen LogP contribution is -2.13. The Balaban J connectivity index is 1.54. The Bertz CT molecular complexity index is 989. The lowest BCUT2D eigenvalue weighted by molar-refractivity contribution is -0.116. The summed E-state index contributed by atoms with van der Waals surface area (Å²) in [6.07, 6.45) is 0.700. The average molecular weight is 411 g/mol. The predicted octanol–water partition coefficient (Wildman–Crippen LogP) is 3.98. The number of carbonyl (C=O) groups is 2. The molecule has 0 spiro atoms. The van der Waals surface area contributed by atoms with Gasteiger partial charge < -0.3 is 14.8 Å². The van der Waals surface area contributed by atoms with E-state index in [4.69, 9.17) is 9.47 Å². The molecule has 0 aliphatic carbocycles. The number of aryl methyl sites for hydroxylation is 1. The van der Waals surface area contributed by atoms with Crippen molar-refractivity contribution in [3.8, 4) is 11.5 Å². The Labute approximate surface area is 172 Å². The molecular formula is C21H21N3O4S. The Morgan fingerprint density at radius 1 is 1.03 bits per heavy atom. The van der Waals surface area contributed by atoms with Gasteiger partial charge in [-0.15, -0.1) is 11.3 Å². The van der Waals surface area contributed by atoms with E-state index in [0.717, 1.165) is 5.69 Å². The van der Waals surface area contributed by atoms with Crippen LogP contribution in [0.4, 0.5) is 10.8 Å². The van der Waals surface area contributed by atoms with E-state index in [-0.39, 0.29) is 18.2 Å². The summed E-state index contributed by atoms with van der Waals surface area (Å²) in [6, 6.07) is 14.1. The highest BCUT2D eigenvalue weighted by atomic mass is 32.1. The summed E-state index contributed by atoms with van der Waals surface area (Å²) in [7, 11) is 3.10. The second kappa shape index (κ2) is 9.70. The van der Waals surface area contributed by atoms with E-state index >= 15 is 0 Å². The molecule has 3 aromatic rings. The van der Waals surface area contributed by atoms with Gasteiger partial charge in [0.25, 0.3) is 5.91 Å². The van der Waals surface area contributed by atoms with Gasteiger partial charge in [0.1, 0.15) is 11.5 Å². The fraction of sp³-hybridized carbons (Fsp3) is 0.190. The Morgan fingerprint density at radius 3 is 2.55 bits per heavy atom. The fourth-order valence-corrected chi connectivity index (χ4v) is 3.34. The monoisotopic (exact) mass is 411 g/mol. The number of anilines is 2. The van der Waals surface area contributed by atoms with E-state index in [2.05, 4.69) is 15.6 Å². The van der Waals surface area contributed by atoms with Crippen LogP contribution in [0.3, 0.4) is 0 Å². The number of nitrogens with one attached hydrogen (secondary N) is 2. The highest BCUT2D eigenvalue weighted by molar-refractivity contribution is 7.14. The van der Waals surface area contributed by atoms with Crippen molar-refractivity contribution in [2.75, 3.05) is 24.9 Å². The van der Waals surface area contributed by atoms with E-state index in [0.29, 0.717) is 34.3 Å². The van der Waals surface area contributed by atoms with Gasteiger partial charge in [-0.05, 0) is 30.7 Å². The molecule has 0 aliphatic heterocycles. The number of amides is 2. The molecule has 2 aromatic carbocycles. The van der Waals surface area contributed by atoms with Gasteiger partial charge in [-0.3, -0.25) is 14.9 Å². The highest BCUT2D eigenvalue weighted by Crippen LogP contribution is 2.29. The molecule has 0 saturated heterocycles. The quantitative estimate of drug-likeness (QED) is 0.585. The number of aromatic nitrogens is 1. The van der Waals surface area contributed by atoms with E-state index in [1.54, 1.807) is 49.6 Å². The zero-order valence-electron chi connectivity index (χ0n) is 16.1. The molecule has 1 heterocycles. The lowest BCUT2D eigenvalue weighted by Gasteiger charge is -2.11. The summed E-state index contributed by atoms with van der Waals surface area (Å²) in [5.41, 5.74) is 1.85. The zero-order chi connectivity index (χ0) is 20.6. The maximum atomic E-state index is 12.3. The molecule has 2 amide bonds. The van der Waals surface area contributed by atoms with Crippen molar-refractivity contribution >= 4 is 34.0 Å². The van der Waals surface area contributed by atoms with Gasteiger partial charge in [0.15, 0.2) is 5.13 Å². The molecule has 1 aromatic heterocycles. The summed E-state index contributed by atoms with van der Waals surface area (Å²) in [6.45, 7) is 0.